The van der Waals surface area contributed by atoms with Crippen molar-refractivity contribution < 1.29 is 14.0 Å². The minimum absolute atomic E-state index is 0.0623. The molecule has 2 aliphatic rings. The first-order valence-corrected chi connectivity index (χ1v) is 9.35. The van der Waals surface area contributed by atoms with E-state index in [0.717, 1.165) is 18.7 Å². The van der Waals surface area contributed by atoms with Crippen molar-refractivity contribution in [2.45, 2.75) is 31.5 Å². The Morgan fingerprint density at radius 1 is 1.14 bits per heavy atom. The standard InChI is InChI=1S/C19H22FN7O2/c1-10(17(21)28)23-16-7-15(18(22)29)24-19(25-16)27-9-13-6-14(27)8-26(13)12-4-2-11(20)3-5-12/h2-5,7,10,13-14H,6,8-9H2,1H3,(H2,21,28)(H2,22,29)(H,23,24,25)/t10-,13?,14?/m0/s1. The summed E-state index contributed by atoms with van der Waals surface area (Å²) in [6.45, 7) is 3.00. The van der Waals surface area contributed by atoms with Gasteiger partial charge in [-0.2, -0.15) is 4.98 Å². The van der Waals surface area contributed by atoms with Gasteiger partial charge in [0.05, 0.1) is 6.04 Å². The molecule has 2 aliphatic heterocycles. The first kappa shape index (κ1) is 18.9. The van der Waals surface area contributed by atoms with Crippen molar-refractivity contribution in [2.24, 2.45) is 11.5 Å². The number of fused-ring (bicyclic) bond motifs is 2. The van der Waals surface area contributed by atoms with Crippen LogP contribution in [0, 0.1) is 5.82 Å². The summed E-state index contributed by atoms with van der Waals surface area (Å²) >= 11 is 0. The number of anilines is 3. The lowest BCUT2D eigenvalue weighted by molar-refractivity contribution is -0.118. The number of hydrogen-bond donors (Lipinski definition) is 3. The molecule has 2 bridgehead atoms. The third-order valence-corrected chi connectivity index (χ3v) is 5.41. The first-order chi connectivity index (χ1) is 13.8. The second-order valence-electron chi connectivity index (χ2n) is 7.40. The van der Waals surface area contributed by atoms with Gasteiger partial charge in [0.1, 0.15) is 23.4 Å². The normalized spacial score (nSPS) is 21.3. The Morgan fingerprint density at radius 3 is 2.38 bits per heavy atom. The Morgan fingerprint density at radius 2 is 1.79 bits per heavy atom. The number of nitrogens with two attached hydrogens (primary N) is 2. The zero-order chi connectivity index (χ0) is 20.7. The molecule has 1 aromatic carbocycles. The fourth-order valence-electron chi connectivity index (χ4n) is 3.92. The van der Waals surface area contributed by atoms with E-state index in [-0.39, 0.29) is 23.6 Å². The van der Waals surface area contributed by atoms with E-state index in [9.17, 15) is 14.0 Å². The van der Waals surface area contributed by atoms with Crippen LogP contribution in [0.2, 0.25) is 0 Å². The number of halogens is 1. The molecule has 152 valence electrons. The number of rotatable bonds is 6. The van der Waals surface area contributed by atoms with Gasteiger partial charge in [0.2, 0.25) is 11.9 Å². The molecular formula is C19H22FN7O2. The Kier molecular flexibility index (Phi) is 4.69. The van der Waals surface area contributed by atoms with E-state index < -0.39 is 17.9 Å². The Labute approximate surface area is 166 Å². The maximum absolute atomic E-state index is 13.2. The fraction of sp³-hybridized carbons (Fsp3) is 0.368. The van der Waals surface area contributed by atoms with Crippen LogP contribution < -0.4 is 26.6 Å². The van der Waals surface area contributed by atoms with Gasteiger partial charge in [-0.1, -0.05) is 0 Å². The molecule has 2 fully saturated rings. The average Bonchev–Trinajstić information content (AvgIpc) is 3.29. The molecule has 0 radical (unpaired) electrons. The highest BCUT2D eigenvalue weighted by Gasteiger charge is 2.44. The third kappa shape index (κ3) is 3.65. The van der Waals surface area contributed by atoms with E-state index in [1.165, 1.54) is 18.2 Å². The maximum atomic E-state index is 13.2. The zero-order valence-corrected chi connectivity index (χ0v) is 15.9. The third-order valence-electron chi connectivity index (χ3n) is 5.41. The van der Waals surface area contributed by atoms with Crippen LogP contribution in [0.3, 0.4) is 0 Å². The fourth-order valence-corrected chi connectivity index (χ4v) is 3.92. The average molecular weight is 399 g/mol. The quantitative estimate of drug-likeness (QED) is 0.643. The van der Waals surface area contributed by atoms with Crippen molar-refractivity contribution in [3.63, 3.8) is 0 Å². The molecule has 0 spiro atoms. The summed E-state index contributed by atoms with van der Waals surface area (Å²) in [4.78, 5) is 36.1. The van der Waals surface area contributed by atoms with E-state index >= 15 is 0 Å². The number of nitrogens with one attached hydrogen (secondary N) is 1. The van der Waals surface area contributed by atoms with Crippen LogP contribution in [0.15, 0.2) is 30.3 Å². The molecule has 10 heteroatoms. The zero-order valence-electron chi connectivity index (χ0n) is 15.9. The summed E-state index contributed by atoms with van der Waals surface area (Å²) in [6, 6.07) is 7.58. The molecule has 29 heavy (non-hydrogen) atoms. The summed E-state index contributed by atoms with van der Waals surface area (Å²) in [7, 11) is 0. The van der Waals surface area contributed by atoms with Crippen LogP contribution in [0.5, 0.6) is 0 Å². The van der Waals surface area contributed by atoms with Gasteiger partial charge >= 0.3 is 0 Å². The lowest BCUT2D eigenvalue weighted by Crippen LogP contribution is -2.47. The van der Waals surface area contributed by atoms with Gasteiger partial charge in [0.25, 0.3) is 5.91 Å². The smallest absolute Gasteiger partial charge is 0.267 e. The van der Waals surface area contributed by atoms with Crippen LogP contribution >= 0.6 is 0 Å². The molecule has 2 saturated heterocycles. The summed E-state index contributed by atoms with van der Waals surface area (Å²) < 4.78 is 13.2. The summed E-state index contributed by atoms with van der Waals surface area (Å²) in [6.07, 6.45) is 0.905. The topological polar surface area (TPSA) is 130 Å². The second-order valence-corrected chi connectivity index (χ2v) is 7.40. The monoisotopic (exact) mass is 399 g/mol. The number of aromatic nitrogens is 2. The van der Waals surface area contributed by atoms with Crippen LogP contribution in [0.25, 0.3) is 0 Å². The molecule has 2 aromatic rings. The number of piperazine rings is 1. The van der Waals surface area contributed by atoms with Crippen molar-refractivity contribution in [3.8, 4) is 0 Å². The lowest BCUT2D eigenvalue weighted by Gasteiger charge is -2.35. The molecule has 3 heterocycles. The summed E-state index contributed by atoms with van der Waals surface area (Å²) in [5.41, 5.74) is 11.8. The van der Waals surface area contributed by atoms with Gasteiger partial charge in [-0.25, -0.2) is 9.37 Å². The van der Waals surface area contributed by atoms with Crippen molar-refractivity contribution in [1.29, 1.82) is 0 Å². The van der Waals surface area contributed by atoms with Crippen LogP contribution in [-0.2, 0) is 4.79 Å². The second kappa shape index (κ2) is 7.19. The van der Waals surface area contributed by atoms with Gasteiger partial charge in [-0.05, 0) is 37.6 Å². The number of hydrogen-bond acceptors (Lipinski definition) is 7. The molecule has 2 unspecified atom stereocenters. The van der Waals surface area contributed by atoms with Crippen molar-refractivity contribution in [3.05, 3.63) is 41.8 Å². The molecule has 2 amide bonds. The van der Waals surface area contributed by atoms with Crippen LogP contribution in [-0.4, -0.2) is 53.0 Å². The molecule has 0 saturated carbocycles. The predicted octanol–water partition coefficient (Wildman–Crippen LogP) is 0.468. The van der Waals surface area contributed by atoms with E-state index in [1.807, 2.05) is 4.90 Å². The van der Waals surface area contributed by atoms with Gasteiger partial charge in [-0.15, -0.1) is 0 Å². The Balaban J connectivity index is 1.56. The number of nitrogens with zero attached hydrogens (tertiary/aromatic N) is 4. The van der Waals surface area contributed by atoms with Gasteiger partial charge in [0.15, 0.2) is 0 Å². The molecule has 5 N–H and O–H groups in total. The molecule has 3 atom stereocenters. The largest absolute Gasteiger partial charge is 0.368 e. The molecular weight excluding hydrogens is 377 g/mol. The number of carbonyl (C=O) groups is 2. The van der Waals surface area contributed by atoms with Crippen LogP contribution in [0.1, 0.15) is 23.8 Å². The Hall–Kier alpha value is -3.43. The van der Waals surface area contributed by atoms with E-state index in [4.69, 9.17) is 11.5 Å². The number of primary amides is 2. The van der Waals surface area contributed by atoms with Crippen molar-refractivity contribution in [1.82, 2.24) is 9.97 Å². The first-order valence-electron chi connectivity index (χ1n) is 9.35. The van der Waals surface area contributed by atoms with Gasteiger partial charge in [0, 0.05) is 30.9 Å². The number of amides is 2. The summed E-state index contributed by atoms with van der Waals surface area (Å²) in [5, 5.41) is 2.88. The number of carbonyl (C=O) groups excluding carboxylic acids is 2. The lowest BCUT2D eigenvalue weighted by atomic mass is 10.2. The predicted molar refractivity (Wildman–Crippen MR) is 106 cm³/mol. The van der Waals surface area contributed by atoms with Gasteiger partial charge in [-0.3, -0.25) is 9.59 Å². The van der Waals surface area contributed by atoms with E-state index in [1.54, 1.807) is 19.1 Å². The highest BCUT2D eigenvalue weighted by Crippen LogP contribution is 2.36. The SMILES string of the molecule is C[C@H](Nc1cc(C(N)=O)nc(N2CC3CC2CN3c2ccc(F)cc2)n1)C(N)=O. The van der Waals surface area contributed by atoms with Crippen LogP contribution in [0.4, 0.5) is 21.8 Å². The van der Waals surface area contributed by atoms with E-state index in [2.05, 4.69) is 20.2 Å². The molecule has 9 nitrogen and oxygen atoms in total. The molecule has 1 aromatic heterocycles. The molecule has 0 aliphatic carbocycles. The summed E-state index contributed by atoms with van der Waals surface area (Å²) in [5.74, 6) is -0.789. The maximum Gasteiger partial charge on any atom is 0.267 e. The minimum atomic E-state index is -0.680. The number of benzene rings is 1. The van der Waals surface area contributed by atoms with Crippen molar-refractivity contribution >= 4 is 29.3 Å². The van der Waals surface area contributed by atoms with E-state index in [0.29, 0.717) is 18.3 Å². The van der Waals surface area contributed by atoms with Gasteiger partial charge < -0.3 is 26.6 Å². The highest BCUT2D eigenvalue weighted by molar-refractivity contribution is 5.92. The molecule has 4 rings (SSSR count). The minimum Gasteiger partial charge on any atom is -0.368 e. The highest BCUT2D eigenvalue weighted by atomic mass is 19.1. The van der Waals surface area contributed by atoms with Crippen molar-refractivity contribution in [2.75, 3.05) is 28.2 Å². The Bertz CT molecular complexity index is 952.